The van der Waals surface area contributed by atoms with E-state index >= 15 is 0 Å². The molecule has 0 atom stereocenters. The van der Waals surface area contributed by atoms with Crippen LogP contribution >= 0.6 is 0 Å². The van der Waals surface area contributed by atoms with Crippen molar-refractivity contribution in [1.82, 2.24) is 0 Å². The van der Waals surface area contributed by atoms with Crippen molar-refractivity contribution in [2.75, 3.05) is 11.9 Å². The van der Waals surface area contributed by atoms with E-state index in [1.807, 2.05) is 12.1 Å². The first-order valence-corrected chi connectivity index (χ1v) is 11.5. The molecule has 3 aromatic carbocycles. The summed E-state index contributed by atoms with van der Waals surface area (Å²) in [6.45, 7) is 5.12. The van der Waals surface area contributed by atoms with Gasteiger partial charge in [-0.1, -0.05) is 50.2 Å². The van der Waals surface area contributed by atoms with Gasteiger partial charge in [-0.25, -0.2) is 0 Å². The largest absolute Gasteiger partial charge is 0.493 e. The van der Waals surface area contributed by atoms with Crippen molar-refractivity contribution in [3.05, 3.63) is 89.5 Å². The Bertz CT molecular complexity index is 1070. The summed E-state index contributed by atoms with van der Waals surface area (Å²) in [5, 5.41) is 11.6. The number of ether oxygens (including phenoxy) is 2. The third kappa shape index (κ3) is 7.96. The van der Waals surface area contributed by atoms with Crippen molar-refractivity contribution in [3.63, 3.8) is 0 Å². The highest BCUT2D eigenvalue weighted by Gasteiger charge is 2.13. The third-order valence-corrected chi connectivity index (χ3v) is 5.11. The highest BCUT2D eigenvalue weighted by atomic mass is 16.5. The second-order valence-electron chi connectivity index (χ2n) is 8.52. The molecule has 0 aromatic heterocycles. The molecule has 0 heterocycles. The Balaban J connectivity index is 1.52. The van der Waals surface area contributed by atoms with E-state index in [1.165, 1.54) is 5.56 Å². The summed E-state index contributed by atoms with van der Waals surface area (Å²) < 4.78 is 11.5. The van der Waals surface area contributed by atoms with Crippen molar-refractivity contribution in [3.8, 4) is 11.5 Å². The van der Waals surface area contributed by atoms with Crippen molar-refractivity contribution in [2.45, 2.75) is 39.7 Å². The quantitative estimate of drug-likeness (QED) is 0.325. The molecule has 3 rings (SSSR count). The Kier molecular flexibility index (Phi) is 9.09. The van der Waals surface area contributed by atoms with Gasteiger partial charge in [0.15, 0.2) is 0 Å². The van der Waals surface area contributed by atoms with Crippen LogP contribution in [-0.2, 0) is 17.8 Å². The smallest absolute Gasteiger partial charge is 0.303 e. The highest BCUT2D eigenvalue weighted by Crippen LogP contribution is 2.22. The maximum Gasteiger partial charge on any atom is 0.303 e. The molecule has 0 aliphatic carbocycles. The summed E-state index contributed by atoms with van der Waals surface area (Å²) in [4.78, 5) is 23.4. The Labute approximate surface area is 200 Å². The zero-order chi connectivity index (χ0) is 24.3. The van der Waals surface area contributed by atoms with E-state index in [-0.39, 0.29) is 18.9 Å². The summed E-state index contributed by atoms with van der Waals surface area (Å²) in [6.07, 6.45) is 1.46. The molecule has 1 amide bonds. The number of rotatable bonds is 12. The highest BCUT2D eigenvalue weighted by molar-refractivity contribution is 6.06. The number of hydrogen-bond donors (Lipinski definition) is 2. The van der Waals surface area contributed by atoms with E-state index in [1.54, 1.807) is 36.4 Å². The van der Waals surface area contributed by atoms with Gasteiger partial charge in [0, 0.05) is 12.1 Å². The molecule has 34 heavy (non-hydrogen) atoms. The van der Waals surface area contributed by atoms with E-state index in [0.717, 1.165) is 12.0 Å². The monoisotopic (exact) mass is 461 g/mol. The molecule has 0 radical (unpaired) electrons. The zero-order valence-electron chi connectivity index (χ0n) is 19.6. The van der Waals surface area contributed by atoms with Gasteiger partial charge in [-0.05, 0) is 66.3 Å². The fraction of sp³-hybridized carbons (Fsp3) is 0.286. The van der Waals surface area contributed by atoms with Gasteiger partial charge in [-0.3, -0.25) is 9.59 Å². The van der Waals surface area contributed by atoms with Crippen LogP contribution in [0.5, 0.6) is 11.5 Å². The Hall–Kier alpha value is -3.80. The Morgan fingerprint density at radius 2 is 1.56 bits per heavy atom. The lowest BCUT2D eigenvalue weighted by Crippen LogP contribution is -2.14. The molecule has 0 bridgehead atoms. The summed E-state index contributed by atoms with van der Waals surface area (Å²) in [5.41, 5.74) is 3.45. The molecule has 0 fully saturated rings. The summed E-state index contributed by atoms with van der Waals surface area (Å²) in [7, 11) is 0. The average Bonchev–Trinajstić information content (AvgIpc) is 2.82. The number of carbonyl (C=O) groups excluding carboxylic acids is 1. The first-order chi connectivity index (χ1) is 16.4. The molecule has 3 aromatic rings. The van der Waals surface area contributed by atoms with Crippen molar-refractivity contribution < 1.29 is 24.2 Å². The SMILES string of the molecule is CC(C)Cc1ccc(COc2ccc(NC(=O)c3ccccc3OCCCC(=O)O)cc2)cc1. The van der Waals surface area contributed by atoms with Gasteiger partial charge in [0.05, 0.1) is 12.2 Å². The van der Waals surface area contributed by atoms with Gasteiger partial charge in [-0.2, -0.15) is 0 Å². The fourth-order valence-corrected chi connectivity index (χ4v) is 3.43. The van der Waals surface area contributed by atoms with E-state index < -0.39 is 5.97 Å². The predicted molar refractivity (Wildman–Crippen MR) is 133 cm³/mol. The number of amides is 1. The minimum atomic E-state index is -0.874. The lowest BCUT2D eigenvalue weighted by Gasteiger charge is -2.12. The summed E-state index contributed by atoms with van der Waals surface area (Å²) in [6, 6.07) is 22.6. The van der Waals surface area contributed by atoms with Crippen molar-refractivity contribution >= 4 is 17.6 Å². The second kappa shape index (κ2) is 12.4. The number of carboxylic acid groups (broad SMARTS) is 1. The van der Waals surface area contributed by atoms with Crippen LogP contribution in [0, 0.1) is 5.92 Å². The topological polar surface area (TPSA) is 84.9 Å². The van der Waals surface area contributed by atoms with Crippen LogP contribution in [-0.4, -0.2) is 23.6 Å². The number of aliphatic carboxylic acids is 1. The minimum absolute atomic E-state index is 0.0201. The maximum atomic E-state index is 12.7. The predicted octanol–water partition coefficient (Wildman–Crippen LogP) is 5.96. The lowest BCUT2D eigenvalue weighted by molar-refractivity contribution is -0.137. The molecular weight excluding hydrogens is 430 g/mol. The minimum Gasteiger partial charge on any atom is -0.493 e. The van der Waals surface area contributed by atoms with Crippen LogP contribution in [0.4, 0.5) is 5.69 Å². The number of benzene rings is 3. The number of para-hydroxylation sites is 1. The number of hydrogen-bond acceptors (Lipinski definition) is 4. The molecule has 178 valence electrons. The molecule has 0 unspecified atom stereocenters. The zero-order valence-corrected chi connectivity index (χ0v) is 19.6. The lowest BCUT2D eigenvalue weighted by atomic mass is 10.0. The number of carbonyl (C=O) groups is 2. The van der Waals surface area contributed by atoms with Crippen LogP contribution in [0.25, 0.3) is 0 Å². The molecule has 0 spiro atoms. The standard InChI is InChI=1S/C28H31NO5/c1-20(2)18-21-9-11-22(12-10-21)19-34-24-15-13-23(14-16-24)29-28(32)25-6-3-4-7-26(25)33-17-5-8-27(30)31/h3-4,6-7,9-16,20H,5,8,17-19H2,1-2H3,(H,29,32)(H,30,31). The first kappa shape index (κ1) is 24.8. The third-order valence-electron chi connectivity index (χ3n) is 5.11. The van der Waals surface area contributed by atoms with Crippen LogP contribution in [0.1, 0.15) is 48.2 Å². The van der Waals surface area contributed by atoms with E-state index in [2.05, 4.69) is 43.4 Å². The molecule has 6 nitrogen and oxygen atoms in total. The van der Waals surface area contributed by atoms with Crippen molar-refractivity contribution in [1.29, 1.82) is 0 Å². The summed E-state index contributed by atoms with van der Waals surface area (Å²) >= 11 is 0. The Morgan fingerprint density at radius 3 is 2.24 bits per heavy atom. The van der Waals surface area contributed by atoms with E-state index in [4.69, 9.17) is 14.6 Å². The molecular formula is C28H31NO5. The van der Waals surface area contributed by atoms with Gasteiger partial charge >= 0.3 is 5.97 Å². The molecule has 2 N–H and O–H groups in total. The number of anilines is 1. The summed E-state index contributed by atoms with van der Waals surface area (Å²) in [5.74, 6) is 0.590. The maximum absolute atomic E-state index is 12.7. The second-order valence-corrected chi connectivity index (χ2v) is 8.52. The van der Waals surface area contributed by atoms with E-state index in [0.29, 0.717) is 41.7 Å². The molecule has 0 saturated carbocycles. The fourth-order valence-electron chi connectivity index (χ4n) is 3.43. The van der Waals surface area contributed by atoms with Crippen LogP contribution in [0.2, 0.25) is 0 Å². The molecule has 0 saturated heterocycles. The Morgan fingerprint density at radius 1 is 0.882 bits per heavy atom. The molecule has 0 aliphatic heterocycles. The van der Waals surface area contributed by atoms with Crippen molar-refractivity contribution in [2.24, 2.45) is 5.92 Å². The number of carboxylic acids is 1. The average molecular weight is 462 g/mol. The van der Waals surface area contributed by atoms with Gasteiger partial charge in [0.2, 0.25) is 0 Å². The molecule has 0 aliphatic rings. The molecule has 6 heteroatoms. The van der Waals surface area contributed by atoms with E-state index in [9.17, 15) is 9.59 Å². The van der Waals surface area contributed by atoms with Crippen LogP contribution < -0.4 is 14.8 Å². The van der Waals surface area contributed by atoms with Gasteiger partial charge in [-0.15, -0.1) is 0 Å². The number of nitrogens with one attached hydrogen (secondary N) is 1. The van der Waals surface area contributed by atoms with Crippen LogP contribution in [0.3, 0.4) is 0 Å². The van der Waals surface area contributed by atoms with Crippen LogP contribution in [0.15, 0.2) is 72.8 Å². The first-order valence-electron chi connectivity index (χ1n) is 11.5. The van der Waals surface area contributed by atoms with Gasteiger partial charge in [0.25, 0.3) is 5.91 Å². The van der Waals surface area contributed by atoms with Gasteiger partial charge in [0.1, 0.15) is 18.1 Å². The van der Waals surface area contributed by atoms with Gasteiger partial charge < -0.3 is 19.9 Å². The normalized spacial score (nSPS) is 10.7.